The summed E-state index contributed by atoms with van der Waals surface area (Å²) in [5.74, 6) is -0.378. The van der Waals surface area contributed by atoms with Crippen LogP contribution in [0.25, 0.3) is 22.0 Å². The topological polar surface area (TPSA) is 78.5 Å². The number of benzene rings is 3. The van der Waals surface area contributed by atoms with Gasteiger partial charge in [0.25, 0.3) is 5.91 Å². The smallest absolute Gasteiger partial charge is 0.254 e. The third kappa shape index (κ3) is 3.89. The quantitative estimate of drug-likeness (QED) is 0.456. The van der Waals surface area contributed by atoms with E-state index in [9.17, 15) is 9.90 Å². The van der Waals surface area contributed by atoms with E-state index < -0.39 is 5.82 Å². The summed E-state index contributed by atoms with van der Waals surface area (Å²) in [5.41, 5.74) is 2.73. The summed E-state index contributed by atoms with van der Waals surface area (Å²) in [5, 5.41) is 17.6. The Balaban J connectivity index is 1.47. The molecule has 3 aromatic carbocycles. The average Bonchev–Trinajstić information content (AvgIpc) is 3.46. The van der Waals surface area contributed by atoms with Crippen molar-refractivity contribution in [3.05, 3.63) is 77.7 Å². The molecule has 32 heavy (non-hydrogen) atoms. The Morgan fingerprint density at radius 2 is 2.00 bits per heavy atom. The van der Waals surface area contributed by atoms with E-state index in [1.54, 1.807) is 31.4 Å². The monoisotopic (exact) mass is 431 g/mol. The van der Waals surface area contributed by atoms with Crippen LogP contribution < -0.4 is 4.74 Å². The van der Waals surface area contributed by atoms with Crippen LogP contribution in [0.4, 0.5) is 4.39 Å². The number of carbonyl (C=O) groups excluding carboxylic acids is 1. The highest BCUT2D eigenvalue weighted by Gasteiger charge is 2.27. The molecule has 162 valence electrons. The maximum absolute atomic E-state index is 15.2. The summed E-state index contributed by atoms with van der Waals surface area (Å²) < 4.78 is 21.2. The van der Waals surface area contributed by atoms with Crippen LogP contribution in [-0.4, -0.2) is 39.3 Å². The molecular weight excluding hydrogens is 409 g/mol. The molecule has 1 aliphatic carbocycles. The van der Waals surface area contributed by atoms with Crippen molar-refractivity contribution in [2.75, 3.05) is 7.05 Å². The summed E-state index contributed by atoms with van der Waals surface area (Å²) in [6.45, 7) is 0.215. The van der Waals surface area contributed by atoms with Crippen molar-refractivity contribution in [1.82, 2.24) is 15.1 Å². The number of hydrogen-bond acceptors (Lipinski definition) is 4. The Bertz CT molecular complexity index is 1300. The van der Waals surface area contributed by atoms with Crippen LogP contribution in [0.5, 0.6) is 11.5 Å². The lowest BCUT2D eigenvalue weighted by molar-refractivity contribution is 0.0784. The number of aromatic hydroxyl groups is 1. The molecule has 1 fully saturated rings. The highest BCUT2D eigenvalue weighted by atomic mass is 19.1. The second kappa shape index (κ2) is 8.00. The van der Waals surface area contributed by atoms with Gasteiger partial charge in [0.1, 0.15) is 17.3 Å². The van der Waals surface area contributed by atoms with Crippen LogP contribution in [0.1, 0.15) is 28.8 Å². The van der Waals surface area contributed by atoms with E-state index in [0.717, 1.165) is 23.7 Å². The number of halogens is 1. The van der Waals surface area contributed by atoms with Gasteiger partial charge in [-0.2, -0.15) is 5.10 Å². The van der Waals surface area contributed by atoms with Gasteiger partial charge < -0.3 is 14.7 Å². The summed E-state index contributed by atoms with van der Waals surface area (Å²) in [6.07, 6.45) is 3.51. The third-order valence-corrected chi connectivity index (χ3v) is 5.55. The van der Waals surface area contributed by atoms with Gasteiger partial charge in [-0.05, 0) is 42.7 Å². The maximum Gasteiger partial charge on any atom is 0.254 e. The first-order valence-corrected chi connectivity index (χ1v) is 10.5. The van der Waals surface area contributed by atoms with Gasteiger partial charge in [-0.25, -0.2) is 4.39 Å². The fourth-order valence-corrected chi connectivity index (χ4v) is 3.83. The highest BCUT2D eigenvalue weighted by molar-refractivity contribution is 5.96. The largest absolute Gasteiger partial charge is 0.508 e. The lowest BCUT2D eigenvalue weighted by Crippen LogP contribution is -2.26. The molecule has 2 N–H and O–H groups in total. The molecule has 6 nitrogen and oxygen atoms in total. The number of phenols is 1. The molecule has 1 heterocycles. The standard InChI is InChI=1S/C25H22FN3O3/c1-29(14-18-10-19(30)9-17-13-27-28-24(17)18)25(31)16-11-21(26)23(15-5-3-2-4-6-15)22(12-16)32-20-7-8-20/h2-6,9-13,20,30H,7-8,14H2,1H3,(H,27,28). The fraction of sp³-hybridized carbons (Fsp3) is 0.200. The van der Waals surface area contributed by atoms with Gasteiger partial charge in [-0.1, -0.05) is 30.3 Å². The number of H-pyrrole nitrogens is 1. The number of aromatic amines is 1. The number of fused-ring (bicyclic) bond motifs is 1. The van der Waals surface area contributed by atoms with Crippen LogP contribution in [0.2, 0.25) is 0 Å². The third-order valence-electron chi connectivity index (χ3n) is 5.55. The Morgan fingerprint density at radius 3 is 2.75 bits per heavy atom. The predicted molar refractivity (Wildman–Crippen MR) is 119 cm³/mol. The first-order valence-electron chi connectivity index (χ1n) is 10.5. The van der Waals surface area contributed by atoms with Crippen LogP contribution >= 0.6 is 0 Å². The molecule has 0 saturated heterocycles. The molecule has 1 saturated carbocycles. The van der Waals surface area contributed by atoms with E-state index >= 15 is 4.39 Å². The van der Waals surface area contributed by atoms with Crippen molar-refractivity contribution in [2.45, 2.75) is 25.5 Å². The SMILES string of the molecule is CN(Cc1cc(O)cc2cn[nH]c12)C(=O)c1cc(F)c(-c2ccccc2)c(OC2CC2)c1. The molecule has 1 aromatic heterocycles. The molecule has 0 aliphatic heterocycles. The predicted octanol–water partition coefficient (Wildman–Crippen LogP) is 4.89. The number of nitrogens with one attached hydrogen (secondary N) is 1. The van der Waals surface area contributed by atoms with Gasteiger partial charge in [-0.3, -0.25) is 9.89 Å². The van der Waals surface area contributed by atoms with Crippen LogP contribution in [0, 0.1) is 5.82 Å². The Labute approximate surface area is 184 Å². The van der Waals surface area contributed by atoms with E-state index in [-0.39, 0.29) is 29.9 Å². The van der Waals surface area contributed by atoms with Crippen molar-refractivity contribution in [2.24, 2.45) is 0 Å². The van der Waals surface area contributed by atoms with Gasteiger partial charge >= 0.3 is 0 Å². The molecule has 4 aromatic rings. The van der Waals surface area contributed by atoms with E-state index in [0.29, 0.717) is 22.4 Å². The van der Waals surface area contributed by atoms with E-state index in [1.165, 1.54) is 11.0 Å². The zero-order chi connectivity index (χ0) is 22.2. The van der Waals surface area contributed by atoms with Crippen LogP contribution in [-0.2, 0) is 6.54 Å². The summed E-state index contributed by atoms with van der Waals surface area (Å²) >= 11 is 0. The minimum atomic E-state index is -0.501. The zero-order valence-electron chi connectivity index (χ0n) is 17.5. The number of phenolic OH excluding ortho intramolecular Hbond substituents is 1. The molecule has 7 heteroatoms. The van der Waals surface area contributed by atoms with Crippen molar-refractivity contribution >= 4 is 16.8 Å². The number of amides is 1. The van der Waals surface area contributed by atoms with Crippen molar-refractivity contribution < 1.29 is 19.0 Å². The second-order valence-corrected chi connectivity index (χ2v) is 8.11. The van der Waals surface area contributed by atoms with Gasteiger partial charge in [-0.15, -0.1) is 0 Å². The van der Waals surface area contributed by atoms with Gasteiger partial charge in [0.2, 0.25) is 0 Å². The van der Waals surface area contributed by atoms with Gasteiger partial charge in [0.15, 0.2) is 0 Å². The minimum absolute atomic E-state index is 0.0564. The summed E-state index contributed by atoms with van der Waals surface area (Å²) in [7, 11) is 1.64. The molecule has 1 aliphatic rings. The number of rotatable bonds is 6. The normalized spacial score (nSPS) is 13.3. The molecule has 0 atom stereocenters. The van der Waals surface area contributed by atoms with Crippen LogP contribution in [0.3, 0.4) is 0 Å². The second-order valence-electron chi connectivity index (χ2n) is 8.11. The zero-order valence-corrected chi connectivity index (χ0v) is 17.5. The molecule has 0 radical (unpaired) electrons. The Morgan fingerprint density at radius 1 is 1.22 bits per heavy atom. The average molecular weight is 431 g/mol. The number of aromatic nitrogens is 2. The van der Waals surface area contributed by atoms with Crippen molar-refractivity contribution in [3.8, 4) is 22.6 Å². The fourth-order valence-electron chi connectivity index (χ4n) is 3.83. The minimum Gasteiger partial charge on any atom is -0.508 e. The molecule has 0 spiro atoms. The Kier molecular flexibility index (Phi) is 5.01. The van der Waals surface area contributed by atoms with Gasteiger partial charge in [0, 0.05) is 30.1 Å². The number of ether oxygens (including phenoxy) is 1. The lowest BCUT2D eigenvalue weighted by atomic mass is 10.0. The molecule has 5 rings (SSSR count). The molecular formula is C25H22FN3O3. The van der Waals surface area contributed by atoms with E-state index in [4.69, 9.17) is 4.74 Å². The summed E-state index contributed by atoms with van der Waals surface area (Å²) in [6, 6.07) is 15.3. The highest BCUT2D eigenvalue weighted by Crippen LogP contribution is 2.38. The number of carbonyl (C=O) groups is 1. The first kappa shape index (κ1) is 20.1. The van der Waals surface area contributed by atoms with Crippen molar-refractivity contribution in [3.63, 3.8) is 0 Å². The molecule has 0 bridgehead atoms. The maximum atomic E-state index is 15.2. The Hall–Kier alpha value is -3.87. The number of nitrogens with zero attached hydrogens (tertiary/aromatic N) is 2. The van der Waals surface area contributed by atoms with E-state index in [1.807, 2.05) is 30.3 Å². The van der Waals surface area contributed by atoms with Crippen LogP contribution in [0.15, 0.2) is 60.8 Å². The van der Waals surface area contributed by atoms with E-state index in [2.05, 4.69) is 10.2 Å². The van der Waals surface area contributed by atoms with Gasteiger partial charge in [0.05, 0.1) is 23.4 Å². The number of hydrogen-bond donors (Lipinski definition) is 2. The lowest BCUT2D eigenvalue weighted by Gasteiger charge is -2.20. The first-order chi connectivity index (χ1) is 15.5. The summed E-state index contributed by atoms with van der Waals surface area (Å²) in [4.78, 5) is 14.7. The van der Waals surface area contributed by atoms with Crippen molar-refractivity contribution in [1.29, 1.82) is 0 Å². The molecule has 1 amide bonds. The molecule has 0 unspecified atom stereocenters.